The lowest BCUT2D eigenvalue weighted by atomic mass is 10.2. The molecule has 0 aromatic rings. The lowest BCUT2D eigenvalue weighted by Gasteiger charge is -2.01. The van der Waals surface area contributed by atoms with Crippen LogP contribution in [-0.4, -0.2) is 12.6 Å². The Morgan fingerprint density at radius 2 is 2.62 bits per heavy atom. The van der Waals surface area contributed by atoms with E-state index in [0.29, 0.717) is 6.04 Å². The fourth-order valence-corrected chi connectivity index (χ4v) is 1.07. The molecule has 0 amide bonds. The molecule has 0 aliphatic carbocycles. The van der Waals surface area contributed by atoms with Gasteiger partial charge in [0.2, 0.25) is 0 Å². The molecule has 0 bridgehead atoms. The number of nitrogens with one attached hydrogen (secondary N) is 1. The average molecular weight is 109 g/mol. The molecule has 1 nitrogen and oxygen atoms in total. The quantitative estimate of drug-likeness (QED) is 0.490. The van der Waals surface area contributed by atoms with Gasteiger partial charge in [0.05, 0.1) is 0 Å². The lowest BCUT2D eigenvalue weighted by Crippen LogP contribution is -2.19. The Balaban J connectivity index is 2.17. The molecule has 0 radical (unpaired) electrons. The second kappa shape index (κ2) is 2.74. The molecule has 1 saturated heterocycles. The zero-order valence-electron chi connectivity index (χ0n) is 4.98. The molecular weight excluding hydrogens is 98.1 g/mol. The van der Waals surface area contributed by atoms with Crippen LogP contribution in [0.25, 0.3) is 0 Å². The molecule has 0 unspecified atom stereocenters. The van der Waals surface area contributed by atoms with Crippen molar-refractivity contribution in [2.24, 2.45) is 0 Å². The van der Waals surface area contributed by atoms with Crippen molar-refractivity contribution in [2.45, 2.75) is 25.3 Å². The topological polar surface area (TPSA) is 12.0 Å². The maximum absolute atomic E-state index is 5.12. The maximum atomic E-state index is 5.12. The molecule has 1 heteroatoms. The first-order valence-corrected chi connectivity index (χ1v) is 3.10. The molecule has 0 aromatic heterocycles. The molecule has 1 atom stereocenters. The molecule has 1 fully saturated rings. The van der Waals surface area contributed by atoms with Crippen LogP contribution in [0.1, 0.15) is 19.3 Å². The first kappa shape index (κ1) is 5.65. The summed E-state index contributed by atoms with van der Waals surface area (Å²) in [6, 6.07) is 0.625. The minimum Gasteiger partial charge on any atom is -0.313 e. The van der Waals surface area contributed by atoms with E-state index in [-0.39, 0.29) is 0 Å². The second-order valence-electron chi connectivity index (χ2n) is 2.20. The summed E-state index contributed by atoms with van der Waals surface area (Å²) < 4.78 is 0. The van der Waals surface area contributed by atoms with Crippen molar-refractivity contribution in [2.75, 3.05) is 6.54 Å². The molecule has 1 heterocycles. The molecule has 0 aromatic carbocycles. The van der Waals surface area contributed by atoms with Crippen LogP contribution in [0.3, 0.4) is 0 Å². The number of terminal acetylenes is 1. The van der Waals surface area contributed by atoms with Crippen LogP contribution in [0.4, 0.5) is 0 Å². The molecule has 0 saturated carbocycles. The molecule has 1 aliphatic heterocycles. The van der Waals surface area contributed by atoms with Gasteiger partial charge in [0.15, 0.2) is 0 Å². The van der Waals surface area contributed by atoms with E-state index in [9.17, 15) is 0 Å². The Morgan fingerprint density at radius 3 is 3.12 bits per heavy atom. The third-order valence-electron chi connectivity index (χ3n) is 1.53. The van der Waals surface area contributed by atoms with E-state index in [0.717, 1.165) is 13.0 Å². The van der Waals surface area contributed by atoms with Gasteiger partial charge in [0.1, 0.15) is 0 Å². The van der Waals surface area contributed by atoms with Crippen molar-refractivity contribution in [3.63, 3.8) is 0 Å². The van der Waals surface area contributed by atoms with Crippen LogP contribution in [0.15, 0.2) is 0 Å². The number of hydrogen-bond donors (Lipinski definition) is 1. The van der Waals surface area contributed by atoms with Crippen molar-refractivity contribution in [1.82, 2.24) is 5.32 Å². The summed E-state index contributed by atoms with van der Waals surface area (Å²) in [7, 11) is 0. The minimum atomic E-state index is 0.625. The van der Waals surface area contributed by atoms with Crippen LogP contribution in [0.5, 0.6) is 0 Å². The summed E-state index contributed by atoms with van der Waals surface area (Å²) in [6.07, 6.45) is 8.59. The standard InChI is InChI=1S/C7H11N/c1-2-4-7-5-3-6-8-7/h1,7-8H,3-6H2/t7-/m0/s1. The molecule has 44 valence electrons. The zero-order valence-corrected chi connectivity index (χ0v) is 4.98. The zero-order chi connectivity index (χ0) is 5.82. The Morgan fingerprint density at radius 1 is 1.75 bits per heavy atom. The highest BCUT2D eigenvalue weighted by molar-refractivity contribution is 4.91. The Hall–Kier alpha value is -0.480. The highest BCUT2D eigenvalue weighted by Crippen LogP contribution is 2.06. The van der Waals surface area contributed by atoms with Crippen molar-refractivity contribution in [3.8, 4) is 12.3 Å². The first-order valence-electron chi connectivity index (χ1n) is 3.10. The fraction of sp³-hybridized carbons (Fsp3) is 0.714. The van der Waals surface area contributed by atoms with Gasteiger partial charge in [-0.15, -0.1) is 12.3 Å². The van der Waals surface area contributed by atoms with Crippen LogP contribution in [0.2, 0.25) is 0 Å². The predicted octanol–water partition coefficient (Wildman–Crippen LogP) is 0.762. The molecule has 0 spiro atoms. The van der Waals surface area contributed by atoms with Gasteiger partial charge in [-0.2, -0.15) is 0 Å². The van der Waals surface area contributed by atoms with Crippen molar-refractivity contribution in [1.29, 1.82) is 0 Å². The summed E-state index contributed by atoms with van der Waals surface area (Å²) in [4.78, 5) is 0. The van der Waals surface area contributed by atoms with E-state index in [2.05, 4.69) is 11.2 Å². The summed E-state index contributed by atoms with van der Waals surface area (Å²) in [5.41, 5.74) is 0. The monoisotopic (exact) mass is 109 g/mol. The summed E-state index contributed by atoms with van der Waals surface area (Å²) >= 11 is 0. The Bertz CT molecular complexity index is 95.4. The molecule has 1 N–H and O–H groups in total. The van der Waals surface area contributed by atoms with Crippen LogP contribution >= 0.6 is 0 Å². The van der Waals surface area contributed by atoms with Gasteiger partial charge in [0.25, 0.3) is 0 Å². The van der Waals surface area contributed by atoms with Crippen molar-refractivity contribution in [3.05, 3.63) is 0 Å². The Labute approximate surface area is 50.5 Å². The van der Waals surface area contributed by atoms with E-state index >= 15 is 0 Å². The summed E-state index contributed by atoms with van der Waals surface area (Å²) in [5, 5.41) is 3.32. The maximum Gasteiger partial charge on any atom is 0.0240 e. The van der Waals surface area contributed by atoms with Gasteiger partial charge in [-0.3, -0.25) is 0 Å². The first-order chi connectivity index (χ1) is 3.93. The molecular formula is C7H11N. The molecule has 1 aliphatic rings. The third-order valence-corrected chi connectivity index (χ3v) is 1.53. The number of hydrogen-bond acceptors (Lipinski definition) is 1. The van der Waals surface area contributed by atoms with Gasteiger partial charge in [-0.05, 0) is 19.4 Å². The van der Waals surface area contributed by atoms with Gasteiger partial charge in [-0.1, -0.05) is 0 Å². The third kappa shape index (κ3) is 1.24. The average Bonchev–Trinajstić information content (AvgIpc) is 2.19. The molecule has 1 rings (SSSR count). The van der Waals surface area contributed by atoms with Gasteiger partial charge in [-0.25, -0.2) is 0 Å². The van der Waals surface area contributed by atoms with Gasteiger partial charge >= 0.3 is 0 Å². The second-order valence-corrected chi connectivity index (χ2v) is 2.20. The van der Waals surface area contributed by atoms with E-state index in [1.165, 1.54) is 12.8 Å². The van der Waals surface area contributed by atoms with Crippen molar-refractivity contribution < 1.29 is 0 Å². The predicted molar refractivity (Wildman–Crippen MR) is 34.5 cm³/mol. The summed E-state index contributed by atoms with van der Waals surface area (Å²) in [6.45, 7) is 1.16. The smallest absolute Gasteiger partial charge is 0.0240 e. The lowest BCUT2D eigenvalue weighted by molar-refractivity contribution is 0.623. The van der Waals surface area contributed by atoms with Crippen LogP contribution in [-0.2, 0) is 0 Å². The van der Waals surface area contributed by atoms with E-state index in [4.69, 9.17) is 6.42 Å². The largest absolute Gasteiger partial charge is 0.313 e. The van der Waals surface area contributed by atoms with Crippen LogP contribution in [0, 0.1) is 12.3 Å². The van der Waals surface area contributed by atoms with E-state index in [1.807, 2.05) is 0 Å². The Kier molecular flexibility index (Phi) is 1.93. The SMILES string of the molecule is C#CC[C@H]1CCCN1. The molecule has 8 heavy (non-hydrogen) atoms. The highest BCUT2D eigenvalue weighted by atomic mass is 14.9. The van der Waals surface area contributed by atoms with Gasteiger partial charge in [0, 0.05) is 12.5 Å². The summed E-state index contributed by atoms with van der Waals surface area (Å²) in [5.74, 6) is 2.65. The highest BCUT2D eigenvalue weighted by Gasteiger charge is 2.10. The number of rotatable bonds is 1. The van der Waals surface area contributed by atoms with Gasteiger partial charge < -0.3 is 5.32 Å². The normalized spacial score (nSPS) is 27.6. The van der Waals surface area contributed by atoms with Crippen LogP contribution < -0.4 is 5.32 Å². The minimum absolute atomic E-state index is 0.625. The van der Waals surface area contributed by atoms with E-state index in [1.54, 1.807) is 0 Å². The van der Waals surface area contributed by atoms with E-state index < -0.39 is 0 Å². The fourth-order valence-electron chi connectivity index (χ4n) is 1.07. The van der Waals surface area contributed by atoms with Crippen molar-refractivity contribution >= 4 is 0 Å².